The molecule has 0 saturated heterocycles. The summed E-state index contributed by atoms with van der Waals surface area (Å²) in [5.74, 6) is -0.227. The molecule has 0 fully saturated rings. The predicted molar refractivity (Wildman–Crippen MR) is 89.4 cm³/mol. The summed E-state index contributed by atoms with van der Waals surface area (Å²) in [7, 11) is 0. The number of anilines is 1. The van der Waals surface area contributed by atoms with Gasteiger partial charge in [-0.1, -0.05) is 17.7 Å². The first kappa shape index (κ1) is 15.7. The zero-order chi connectivity index (χ0) is 16.1. The largest absolute Gasteiger partial charge is 0.484 e. The number of pyridine rings is 1. The van der Waals surface area contributed by atoms with E-state index in [1.807, 2.05) is 18.2 Å². The maximum Gasteiger partial charge on any atom is 0.183 e. The van der Waals surface area contributed by atoms with E-state index in [-0.39, 0.29) is 12.4 Å². The van der Waals surface area contributed by atoms with Crippen LogP contribution in [0.25, 0.3) is 0 Å². The molecule has 4 nitrogen and oxygen atoms in total. The SMILES string of the molecule is Fc1cc(NCc2cnc(Cl)s2)ccc1OCc1ccccn1. The fraction of sp³-hybridized carbons (Fsp3) is 0.125. The van der Waals surface area contributed by atoms with Crippen LogP contribution in [0.15, 0.2) is 48.8 Å². The maximum absolute atomic E-state index is 14.1. The van der Waals surface area contributed by atoms with E-state index in [4.69, 9.17) is 16.3 Å². The summed E-state index contributed by atoms with van der Waals surface area (Å²) >= 11 is 7.16. The second-order valence-corrected chi connectivity index (χ2v) is 6.39. The van der Waals surface area contributed by atoms with Crippen molar-refractivity contribution in [3.8, 4) is 5.75 Å². The molecular weight excluding hydrogens is 337 g/mol. The summed E-state index contributed by atoms with van der Waals surface area (Å²) in [6, 6.07) is 10.3. The van der Waals surface area contributed by atoms with Crippen LogP contribution in [-0.4, -0.2) is 9.97 Å². The number of rotatable bonds is 6. The lowest BCUT2D eigenvalue weighted by Gasteiger charge is -2.09. The Balaban J connectivity index is 1.59. The third kappa shape index (κ3) is 4.40. The van der Waals surface area contributed by atoms with Gasteiger partial charge in [-0.25, -0.2) is 9.37 Å². The molecular formula is C16H13ClFN3OS. The van der Waals surface area contributed by atoms with Crippen molar-refractivity contribution >= 4 is 28.6 Å². The monoisotopic (exact) mass is 349 g/mol. The van der Waals surface area contributed by atoms with Crippen LogP contribution in [0, 0.1) is 5.82 Å². The minimum absolute atomic E-state index is 0.196. The fourth-order valence-corrected chi connectivity index (χ4v) is 2.84. The number of aromatic nitrogens is 2. The van der Waals surface area contributed by atoms with Crippen LogP contribution in [0.3, 0.4) is 0 Å². The number of nitrogens with one attached hydrogen (secondary N) is 1. The van der Waals surface area contributed by atoms with Crippen molar-refractivity contribution in [2.45, 2.75) is 13.2 Å². The van der Waals surface area contributed by atoms with Gasteiger partial charge in [-0.15, -0.1) is 11.3 Å². The van der Waals surface area contributed by atoms with Gasteiger partial charge < -0.3 is 10.1 Å². The highest BCUT2D eigenvalue weighted by atomic mass is 35.5. The molecule has 3 aromatic rings. The Morgan fingerprint density at radius 3 is 2.83 bits per heavy atom. The minimum atomic E-state index is -0.423. The molecule has 0 unspecified atom stereocenters. The van der Waals surface area contributed by atoms with Crippen molar-refractivity contribution in [1.29, 1.82) is 0 Å². The van der Waals surface area contributed by atoms with Crippen molar-refractivity contribution in [3.63, 3.8) is 0 Å². The van der Waals surface area contributed by atoms with E-state index < -0.39 is 5.82 Å². The minimum Gasteiger partial charge on any atom is -0.484 e. The van der Waals surface area contributed by atoms with E-state index in [2.05, 4.69) is 15.3 Å². The van der Waals surface area contributed by atoms with Gasteiger partial charge in [-0.05, 0) is 24.3 Å². The topological polar surface area (TPSA) is 47.0 Å². The van der Waals surface area contributed by atoms with E-state index in [0.29, 0.717) is 16.7 Å². The Morgan fingerprint density at radius 1 is 1.22 bits per heavy atom. The van der Waals surface area contributed by atoms with Gasteiger partial charge in [0, 0.05) is 29.0 Å². The molecule has 2 aromatic heterocycles. The molecule has 0 aliphatic rings. The number of benzene rings is 1. The molecule has 0 bridgehead atoms. The molecule has 0 radical (unpaired) electrons. The number of hydrogen-bond acceptors (Lipinski definition) is 5. The van der Waals surface area contributed by atoms with E-state index in [1.165, 1.54) is 17.4 Å². The quantitative estimate of drug-likeness (QED) is 0.710. The lowest BCUT2D eigenvalue weighted by Crippen LogP contribution is -2.01. The molecule has 7 heteroatoms. The highest BCUT2D eigenvalue weighted by Crippen LogP contribution is 2.23. The van der Waals surface area contributed by atoms with E-state index in [1.54, 1.807) is 24.5 Å². The van der Waals surface area contributed by atoms with Gasteiger partial charge in [0.1, 0.15) is 6.61 Å². The predicted octanol–water partition coefficient (Wildman–Crippen LogP) is 4.52. The number of nitrogens with zero attached hydrogens (tertiary/aromatic N) is 2. The lowest BCUT2D eigenvalue weighted by atomic mass is 10.3. The van der Waals surface area contributed by atoms with Gasteiger partial charge >= 0.3 is 0 Å². The van der Waals surface area contributed by atoms with Gasteiger partial charge in [0.05, 0.1) is 12.2 Å². The van der Waals surface area contributed by atoms with E-state index >= 15 is 0 Å². The van der Waals surface area contributed by atoms with Crippen molar-refractivity contribution in [1.82, 2.24) is 9.97 Å². The first-order valence-electron chi connectivity index (χ1n) is 6.87. The number of thiazole rings is 1. The first-order chi connectivity index (χ1) is 11.2. The smallest absolute Gasteiger partial charge is 0.183 e. The molecule has 0 amide bonds. The molecule has 1 aromatic carbocycles. The van der Waals surface area contributed by atoms with Crippen LogP contribution in [0.2, 0.25) is 4.47 Å². The summed E-state index contributed by atoms with van der Waals surface area (Å²) in [5.41, 5.74) is 1.41. The first-order valence-corrected chi connectivity index (χ1v) is 8.06. The van der Waals surface area contributed by atoms with Crippen molar-refractivity contribution in [2.75, 3.05) is 5.32 Å². The van der Waals surface area contributed by atoms with Crippen LogP contribution in [-0.2, 0) is 13.2 Å². The normalized spacial score (nSPS) is 10.5. The average Bonchev–Trinajstić information content (AvgIpc) is 2.98. The highest BCUT2D eigenvalue weighted by Gasteiger charge is 2.06. The van der Waals surface area contributed by atoms with Gasteiger partial charge in [0.25, 0.3) is 0 Å². The van der Waals surface area contributed by atoms with Crippen LogP contribution in [0.4, 0.5) is 10.1 Å². The Morgan fingerprint density at radius 2 is 2.13 bits per heavy atom. The summed E-state index contributed by atoms with van der Waals surface area (Å²) in [5, 5.41) is 3.12. The van der Waals surface area contributed by atoms with Gasteiger partial charge in [0.2, 0.25) is 0 Å². The van der Waals surface area contributed by atoms with Crippen molar-refractivity contribution in [2.24, 2.45) is 0 Å². The fourth-order valence-electron chi connectivity index (χ4n) is 1.92. The molecule has 0 saturated carbocycles. The van der Waals surface area contributed by atoms with E-state index in [0.717, 1.165) is 10.6 Å². The van der Waals surface area contributed by atoms with Crippen LogP contribution in [0.5, 0.6) is 5.75 Å². The number of halogens is 2. The molecule has 1 N–H and O–H groups in total. The Bertz CT molecular complexity index is 782. The van der Waals surface area contributed by atoms with Crippen LogP contribution >= 0.6 is 22.9 Å². The van der Waals surface area contributed by atoms with E-state index in [9.17, 15) is 4.39 Å². The second-order valence-electron chi connectivity index (χ2n) is 4.69. The molecule has 0 aliphatic carbocycles. The Hall–Kier alpha value is -2.18. The highest BCUT2D eigenvalue weighted by molar-refractivity contribution is 7.15. The molecule has 23 heavy (non-hydrogen) atoms. The zero-order valence-corrected chi connectivity index (χ0v) is 13.6. The molecule has 0 spiro atoms. The zero-order valence-electron chi connectivity index (χ0n) is 12.0. The Labute approximate surface area is 141 Å². The molecule has 2 heterocycles. The van der Waals surface area contributed by atoms with Crippen molar-refractivity contribution in [3.05, 3.63) is 69.6 Å². The van der Waals surface area contributed by atoms with Gasteiger partial charge in [-0.2, -0.15) is 0 Å². The molecule has 0 atom stereocenters. The van der Waals surface area contributed by atoms with Gasteiger partial charge in [-0.3, -0.25) is 4.98 Å². The maximum atomic E-state index is 14.1. The standard InChI is InChI=1S/C16H13ClFN3OS/c17-16-21-9-13(23-16)8-20-11-4-5-15(14(18)7-11)22-10-12-3-1-2-6-19-12/h1-7,9,20H,8,10H2. The molecule has 0 aliphatic heterocycles. The van der Waals surface area contributed by atoms with Crippen molar-refractivity contribution < 1.29 is 9.13 Å². The summed E-state index contributed by atoms with van der Waals surface area (Å²) in [6.07, 6.45) is 3.37. The average molecular weight is 350 g/mol. The van der Waals surface area contributed by atoms with Crippen LogP contribution < -0.4 is 10.1 Å². The third-order valence-electron chi connectivity index (χ3n) is 3.03. The van der Waals surface area contributed by atoms with Gasteiger partial charge in [0.15, 0.2) is 16.0 Å². The number of ether oxygens (including phenoxy) is 1. The van der Waals surface area contributed by atoms with Crippen LogP contribution in [0.1, 0.15) is 10.6 Å². The molecule has 118 valence electrons. The third-order valence-corrected chi connectivity index (χ3v) is 4.14. The summed E-state index contributed by atoms with van der Waals surface area (Å²) in [4.78, 5) is 9.07. The second kappa shape index (κ2) is 7.39. The molecule has 3 rings (SSSR count). The lowest BCUT2D eigenvalue weighted by molar-refractivity contribution is 0.286. The summed E-state index contributed by atoms with van der Waals surface area (Å²) in [6.45, 7) is 0.766. The Kier molecular flexibility index (Phi) is 5.05. The summed E-state index contributed by atoms with van der Waals surface area (Å²) < 4.78 is 20.0. The number of hydrogen-bond donors (Lipinski definition) is 1.